The van der Waals surface area contributed by atoms with E-state index in [-0.39, 0.29) is 6.04 Å². The molecule has 0 amide bonds. The Hall–Kier alpha value is 0.0500. The van der Waals surface area contributed by atoms with Crippen LogP contribution in [0.3, 0.4) is 0 Å². The van der Waals surface area contributed by atoms with Gasteiger partial charge in [0.05, 0.1) is 8.68 Å². The number of hydrogen-bond donors (Lipinski definition) is 1. The molecule has 1 aromatic heterocycles. The first-order valence-corrected chi connectivity index (χ1v) is 10.5. The molecule has 1 saturated heterocycles. The van der Waals surface area contributed by atoms with Gasteiger partial charge in [-0.3, -0.25) is 0 Å². The number of halogens is 1. The van der Waals surface area contributed by atoms with Crippen LogP contribution in [0.2, 0.25) is 0 Å². The van der Waals surface area contributed by atoms with Gasteiger partial charge in [0.15, 0.2) is 0 Å². The van der Waals surface area contributed by atoms with Gasteiger partial charge in [-0.2, -0.15) is 0 Å². The normalized spacial score (nSPS) is 18.2. The zero-order chi connectivity index (χ0) is 15.5. The zero-order valence-corrected chi connectivity index (χ0v) is 15.8. The third-order valence-corrected chi connectivity index (χ3v) is 7.20. The highest BCUT2D eigenvalue weighted by atomic mass is 79.9. The second-order valence-corrected chi connectivity index (χ2v) is 9.88. The monoisotopic (exact) mass is 394 g/mol. The number of likely N-dealkylation sites (tertiary alicyclic amines) is 1. The van der Waals surface area contributed by atoms with Crippen molar-refractivity contribution in [3.8, 4) is 0 Å². The molecule has 0 aromatic carbocycles. The third kappa shape index (κ3) is 4.76. The maximum Gasteiger partial charge on any atom is 0.241 e. The van der Waals surface area contributed by atoms with Crippen LogP contribution in [0.25, 0.3) is 0 Å². The molecule has 4 nitrogen and oxygen atoms in total. The van der Waals surface area contributed by atoms with Gasteiger partial charge >= 0.3 is 0 Å². The number of rotatable bonds is 6. The molecule has 0 atom stereocenters. The van der Waals surface area contributed by atoms with Crippen molar-refractivity contribution in [3.63, 3.8) is 0 Å². The SMILES string of the molecule is CCCCN1CCC(NS(=O)(=O)c2cc(Br)sc2C)CC1. The van der Waals surface area contributed by atoms with Crippen molar-refractivity contribution in [2.24, 2.45) is 0 Å². The van der Waals surface area contributed by atoms with E-state index >= 15 is 0 Å². The number of aryl methyl sites for hydroxylation is 1. The summed E-state index contributed by atoms with van der Waals surface area (Å²) < 4.78 is 28.6. The van der Waals surface area contributed by atoms with Crippen molar-refractivity contribution in [3.05, 3.63) is 14.7 Å². The van der Waals surface area contributed by atoms with Crippen molar-refractivity contribution in [2.75, 3.05) is 19.6 Å². The summed E-state index contributed by atoms with van der Waals surface area (Å²) in [6.45, 7) is 7.14. The highest BCUT2D eigenvalue weighted by Crippen LogP contribution is 2.30. The molecule has 1 aliphatic heterocycles. The molecule has 7 heteroatoms. The summed E-state index contributed by atoms with van der Waals surface area (Å²) in [7, 11) is -3.39. The molecular weight excluding hydrogens is 372 g/mol. The van der Waals surface area contributed by atoms with E-state index in [4.69, 9.17) is 0 Å². The van der Waals surface area contributed by atoms with Crippen molar-refractivity contribution < 1.29 is 8.42 Å². The Morgan fingerprint density at radius 1 is 1.43 bits per heavy atom. The summed E-state index contributed by atoms with van der Waals surface area (Å²) in [5, 5.41) is 0. The molecule has 0 saturated carbocycles. The average molecular weight is 395 g/mol. The fourth-order valence-corrected chi connectivity index (χ4v) is 6.36. The number of piperidine rings is 1. The quantitative estimate of drug-likeness (QED) is 0.804. The zero-order valence-electron chi connectivity index (χ0n) is 12.6. The summed E-state index contributed by atoms with van der Waals surface area (Å²) in [6.07, 6.45) is 4.22. The second-order valence-electron chi connectivity index (χ2n) is 5.56. The van der Waals surface area contributed by atoms with Crippen LogP contribution in [-0.2, 0) is 10.0 Å². The van der Waals surface area contributed by atoms with Gasteiger partial charge in [-0.1, -0.05) is 13.3 Å². The average Bonchev–Trinajstić information content (AvgIpc) is 2.77. The number of hydrogen-bond acceptors (Lipinski definition) is 4. The molecule has 1 fully saturated rings. The number of nitrogens with zero attached hydrogens (tertiary/aromatic N) is 1. The van der Waals surface area contributed by atoms with Gasteiger partial charge in [0.25, 0.3) is 0 Å². The van der Waals surface area contributed by atoms with Crippen molar-refractivity contribution in [2.45, 2.75) is 50.5 Å². The fraction of sp³-hybridized carbons (Fsp3) is 0.714. The minimum Gasteiger partial charge on any atom is -0.303 e. The third-order valence-electron chi connectivity index (χ3n) is 3.87. The lowest BCUT2D eigenvalue weighted by molar-refractivity contribution is 0.205. The largest absolute Gasteiger partial charge is 0.303 e. The maximum atomic E-state index is 12.4. The second kappa shape index (κ2) is 7.55. The minimum atomic E-state index is -3.39. The summed E-state index contributed by atoms with van der Waals surface area (Å²) in [5.74, 6) is 0. The lowest BCUT2D eigenvalue weighted by atomic mass is 10.1. The molecule has 120 valence electrons. The molecule has 0 aliphatic carbocycles. The van der Waals surface area contributed by atoms with E-state index in [1.165, 1.54) is 24.2 Å². The van der Waals surface area contributed by atoms with Crippen LogP contribution >= 0.6 is 27.3 Å². The van der Waals surface area contributed by atoms with Gasteiger partial charge in [0, 0.05) is 10.9 Å². The summed E-state index contributed by atoms with van der Waals surface area (Å²) in [5.41, 5.74) is 0. The number of unbranched alkanes of at least 4 members (excludes halogenated alkanes) is 1. The van der Waals surface area contributed by atoms with E-state index in [1.807, 2.05) is 6.92 Å². The van der Waals surface area contributed by atoms with Crippen molar-refractivity contribution >= 4 is 37.3 Å². The fourth-order valence-electron chi connectivity index (χ4n) is 2.64. The lowest BCUT2D eigenvalue weighted by Crippen LogP contribution is -2.44. The van der Waals surface area contributed by atoms with E-state index in [0.717, 1.165) is 41.1 Å². The van der Waals surface area contributed by atoms with Gasteiger partial charge < -0.3 is 4.90 Å². The first kappa shape index (κ1) is 17.4. The molecule has 0 radical (unpaired) electrons. The first-order valence-electron chi connectivity index (χ1n) is 7.43. The van der Waals surface area contributed by atoms with Crippen LogP contribution in [0.5, 0.6) is 0 Å². The molecule has 0 spiro atoms. The Kier molecular flexibility index (Phi) is 6.25. The number of thiophene rings is 1. The Labute approximate surface area is 140 Å². The molecule has 1 aromatic rings. The summed E-state index contributed by atoms with van der Waals surface area (Å²) >= 11 is 4.81. The molecule has 0 unspecified atom stereocenters. The smallest absolute Gasteiger partial charge is 0.241 e. The Morgan fingerprint density at radius 2 is 2.10 bits per heavy atom. The van der Waals surface area contributed by atoms with Gasteiger partial charge in [-0.05, 0) is 67.8 Å². The number of nitrogens with one attached hydrogen (secondary N) is 1. The molecular formula is C14H23BrN2O2S2. The topological polar surface area (TPSA) is 49.4 Å². The van der Waals surface area contributed by atoms with Gasteiger partial charge in [-0.25, -0.2) is 13.1 Å². The highest BCUT2D eigenvalue weighted by Gasteiger charge is 2.26. The minimum absolute atomic E-state index is 0.0611. The number of sulfonamides is 1. The van der Waals surface area contributed by atoms with Crippen LogP contribution in [0, 0.1) is 6.92 Å². The summed E-state index contributed by atoms with van der Waals surface area (Å²) in [4.78, 5) is 3.67. The van der Waals surface area contributed by atoms with Crippen molar-refractivity contribution in [1.29, 1.82) is 0 Å². The van der Waals surface area contributed by atoms with Crippen LogP contribution < -0.4 is 4.72 Å². The molecule has 1 N–H and O–H groups in total. The van der Waals surface area contributed by atoms with Gasteiger partial charge in [0.1, 0.15) is 0 Å². The van der Waals surface area contributed by atoms with E-state index in [0.29, 0.717) is 4.90 Å². The Balaban J connectivity index is 1.92. The molecule has 2 rings (SSSR count). The van der Waals surface area contributed by atoms with Gasteiger partial charge in [-0.15, -0.1) is 11.3 Å². The van der Waals surface area contributed by atoms with Crippen LogP contribution in [-0.4, -0.2) is 39.0 Å². The van der Waals surface area contributed by atoms with Crippen LogP contribution in [0.4, 0.5) is 0 Å². The molecule has 1 aliphatic rings. The maximum absolute atomic E-state index is 12.4. The standard InChI is InChI=1S/C14H23BrN2O2S2/c1-3-4-7-17-8-5-12(6-9-17)16-21(18,19)13-10-14(15)20-11(13)2/h10,12,16H,3-9H2,1-2H3. The van der Waals surface area contributed by atoms with E-state index in [2.05, 4.69) is 32.5 Å². The predicted molar refractivity (Wildman–Crippen MR) is 91.4 cm³/mol. The molecule has 0 bridgehead atoms. The van der Waals surface area contributed by atoms with Crippen molar-refractivity contribution in [1.82, 2.24) is 9.62 Å². The van der Waals surface area contributed by atoms with E-state index in [1.54, 1.807) is 6.07 Å². The Morgan fingerprint density at radius 3 is 2.62 bits per heavy atom. The van der Waals surface area contributed by atoms with E-state index < -0.39 is 10.0 Å². The predicted octanol–water partition coefficient (Wildman–Crippen LogP) is 3.36. The van der Waals surface area contributed by atoms with Crippen LogP contribution in [0.15, 0.2) is 14.7 Å². The summed E-state index contributed by atoms with van der Waals surface area (Å²) in [6, 6.07) is 1.75. The van der Waals surface area contributed by atoms with Crippen LogP contribution in [0.1, 0.15) is 37.5 Å². The Bertz CT molecular complexity index is 564. The molecule has 21 heavy (non-hydrogen) atoms. The highest BCUT2D eigenvalue weighted by molar-refractivity contribution is 9.11. The lowest BCUT2D eigenvalue weighted by Gasteiger charge is -2.32. The van der Waals surface area contributed by atoms with E-state index in [9.17, 15) is 8.42 Å². The molecule has 2 heterocycles. The van der Waals surface area contributed by atoms with Gasteiger partial charge in [0.2, 0.25) is 10.0 Å². The first-order chi connectivity index (χ1) is 9.92.